The number of nitrogens with one attached hydrogen (secondary N) is 1. The molecule has 0 unspecified atom stereocenters. The van der Waals surface area contributed by atoms with Gasteiger partial charge in [0, 0.05) is 18.8 Å². The van der Waals surface area contributed by atoms with Crippen molar-refractivity contribution in [3.63, 3.8) is 0 Å². The number of pyridine rings is 1. The first-order valence-corrected chi connectivity index (χ1v) is 7.62. The molecular weight excluding hydrogens is 296 g/mol. The number of carbonyl (C=O) groups is 1. The van der Waals surface area contributed by atoms with Crippen LogP contribution >= 0.6 is 22.9 Å². The Morgan fingerprint density at radius 3 is 2.95 bits per heavy atom. The minimum Gasteiger partial charge on any atom is -0.296 e. The molecule has 2 aromatic heterocycles. The summed E-state index contributed by atoms with van der Waals surface area (Å²) in [6.07, 6.45) is 7.29. The van der Waals surface area contributed by atoms with Gasteiger partial charge in [0.25, 0.3) is 5.91 Å². The second-order valence-corrected chi connectivity index (χ2v) is 5.80. The molecule has 0 aliphatic rings. The first-order valence-electron chi connectivity index (χ1n) is 6.43. The van der Waals surface area contributed by atoms with Gasteiger partial charge in [0.05, 0.1) is 10.6 Å². The van der Waals surface area contributed by atoms with Crippen LogP contribution in [0.15, 0.2) is 18.5 Å². The maximum Gasteiger partial charge on any atom is 0.259 e. The molecule has 106 valence electrons. The van der Waals surface area contributed by atoms with Crippen LogP contribution in [0, 0.1) is 0 Å². The van der Waals surface area contributed by atoms with E-state index in [2.05, 4.69) is 27.4 Å². The van der Waals surface area contributed by atoms with Crippen molar-refractivity contribution in [2.24, 2.45) is 0 Å². The number of amides is 1. The van der Waals surface area contributed by atoms with Crippen molar-refractivity contribution in [2.75, 3.05) is 5.32 Å². The normalized spacial score (nSPS) is 10.5. The Hall–Kier alpha value is -1.53. The summed E-state index contributed by atoms with van der Waals surface area (Å²) in [5.41, 5.74) is 0.403. The lowest BCUT2D eigenvalue weighted by Crippen LogP contribution is -2.11. The minimum atomic E-state index is -0.281. The van der Waals surface area contributed by atoms with Gasteiger partial charge in [-0.15, -0.1) is 10.2 Å². The molecule has 0 saturated heterocycles. The molecule has 2 rings (SSSR count). The smallest absolute Gasteiger partial charge is 0.259 e. The first kappa shape index (κ1) is 14.9. The molecule has 0 aliphatic carbocycles. The Balaban J connectivity index is 1.94. The number of halogens is 1. The van der Waals surface area contributed by atoms with E-state index in [1.54, 1.807) is 6.07 Å². The molecule has 2 heterocycles. The number of hydrogen-bond acceptors (Lipinski definition) is 5. The highest BCUT2D eigenvalue weighted by Gasteiger charge is 2.10. The fourth-order valence-electron chi connectivity index (χ4n) is 1.64. The summed E-state index contributed by atoms with van der Waals surface area (Å²) in [4.78, 5) is 15.8. The largest absolute Gasteiger partial charge is 0.296 e. The van der Waals surface area contributed by atoms with E-state index < -0.39 is 0 Å². The van der Waals surface area contributed by atoms with E-state index in [0.717, 1.165) is 17.8 Å². The Labute approximate surface area is 126 Å². The molecule has 0 atom stereocenters. The van der Waals surface area contributed by atoms with Gasteiger partial charge < -0.3 is 0 Å². The van der Waals surface area contributed by atoms with Gasteiger partial charge in [-0.25, -0.2) is 0 Å². The van der Waals surface area contributed by atoms with Crippen molar-refractivity contribution < 1.29 is 4.79 Å². The number of nitrogens with zero attached hydrogens (tertiary/aromatic N) is 3. The summed E-state index contributed by atoms with van der Waals surface area (Å²) in [6.45, 7) is 2.16. The summed E-state index contributed by atoms with van der Waals surface area (Å²) in [5, 5.41) is 12.6. The van der Waals surface area contributed by atoms with Crippen LogP contribution in [0.4, 0.5) is 5.13 Å². The van der Waals surface area contributed by atoms with Crippen molar-refractivity contribution in [3.05, 3.63) is 34.1 Å². The quantitative estimate of drug-likeness (QED) is 0.828. The summed E-state index contributed by atoms with van der Waals surface area (Å²) >= 11 is 7.20. The van der Waals surface area contributed by atoms with E-state index in [1.807, 2.05) is 0 Å². The average molecular weight is 311 g/mol. The lowest BCUT2D eigenvalue weighted by Gasteiger charge is -2.00. The molecular formula is C13H15ClN4OS. The number of rotatable bonds is 6. The minimum absolute atomic E-state index is 0.281. The SMILES string of the molecule is CCCCCc1nnc(NC(=O)c2cncc(Cl)c2)s1. The molecule has 2 aromatic rings. The van der Waals surface area contributed by atoms with E-state index in [9.17, 15) is 4.79 Å². The van der Waals surface area contributed by atoms with Crippen molar-refractivity contribution >= 4 is 34.0 Å². The molecule has 0 saturated carbocycles. The highest BCUT2D eigenvalue weighted by Crippen LogP contribution is 2.18. The zero-order valence-electron chi connectivity index (χ0n) is 11.1. The third-order valence-electron chi connectivity index (χ3n) is 2.65. The Morgan fingerprint density at radius 2 is 2.20 bits per heavy atom. The molecule has 0 spiro atoms. The van der Waals surface area contributed by atoms with Crippen molar-refractivity contribution in [1.29, 1.82) is 0 Å². The van der Waals surface area contributed by atoms with Gasteiger partial charge in [-0.05, 0) is 12.5 Å². The number of aryl methyl sites for hydroxylation is 1. The Morgan fingerprint density at radius 1 is 1.35 bits per heavy atom. The van der Waals surface area contributed by atoms with Gasteiger partial charge in [0.15, 0.2) is 0 Å². The van der Waals surface area contributed by atoms with Crippen LogP contribution in [-0.4, -0.2) is 21.1 Å². The summed E-state index contributed by atoms with van der Waals surface area (Å²) in [7, 11) is 0. The summed E-state index contributed by atoms with van der Waals surface area (Å²) < 4.78 is 0. The van der Waals surface area contributed by atoms with Gasteiger partial charge in [0.2, 0.25) is 5.13 Å². The molecule has 1 N–H and O–H groups in total. The maximum absolute atomic E-state index is 12.0. The number of carbonyl (C=O) groups excluding carboxylic acids is 1. The van der Waals surface area contributed by atoms with Crippen LogP contribution < -0.4 is 5.32 Å². The average Bonchev–Trinajstić information content (AvgIpc) is 2.86. The van der Waals surface area contributed by atoms with Crippen LogP contribution in [0.5, 0.6) is 0 Å². The number of unbranched alkanes of at least 4 members (excludes halogenated alkanes) is 2. The predicted molar refractivity (Wildman–Crippen MR) is 80.3 cm³/mol. The number of hydrogen-bond donors (Lipinski definition) is 1. The van der Waals surface area contributed by atoms with Gasteiger partial charge in [-0.1, -0.05) is 42.7 Å². The Kier molecular flexibility index (Phi) is 5.43. The van der Waals surface area contributed by atoms with Crippen LogP contribution in [0.3, 0.4) is 0 Å². The van der Waals surface area contributed by atoms with Crippen molar-refractivity contribution in [2.45, 2.75) is 32.6 Å². The first-order chi connectivity index (χ1) is 9.69. The fourth-order valence-corrected chi connectivity index (χ4v) is 2.59. The Bertz CT molecular complexity index is 587. The number of aromatic nitrogens is 3. The highest BCUT2D eigenvalue weighted by molar-refractivity contribution is 7.15. The molecule has 5 nitrogen and oxygen atoms in total. The van der Waals surface area contributed by atoms with Crippen LogP contribution in [-0.2, 0) is 6.42 Å². The van der Waals surface area contributed by atoms with E-state index in [1.165, 1.54) is 36.6 Å². The van der Waals surface area contributed by atoms with Crippen LogP contribution in [0.2, 0.25) is 5.02 Å². The van der Waals surface area contributed by atoms with Crippen molar-refractivity contribution in [1.82, 2.24) is 15.2 Å². The molecule has 0 aromatic carbocycles. The summed E-state index contributed by atoms with van der Waals surface area (Å²) in [5.74, 6) is -0.281. The third kappa shape index (κ3) is 4.25. The summed E-state index contributed by atoms with van der Waals surface area (Å²) in [6, 6.07) is 1.56. The van der Waals surface area contributed by atoms with Crippen molar-refractivity contribution in [3.8, 4) is 0 Å². The van der Waals surface area contributed by atoms with Gasteiger partial charge >= 0.3 is 0 Å². The van der Waals surface area contributed by atoms with Crippen LogP contribution in [0.25, 0.3) is 0 Å². The zero-order valence-corrected chi connectivity index (χ0v) is 12.7. The second-order valence-electron chi connectivity index (χ2n) is 4.30. The highest BCUT2D eigenvalue weighted by atomic mass is 35.5. The second kappa shape index (κ2) is 7.31. The molecule has 20 heavy (non-hydrogen) atoms. The lowest BCUT2D eigenvalue weighted by atomic mass is 10.2. The van der Waals surface area contributed by atoms with E-state index in [0.29, 0.717) is 15.7 Å². The lowest BCUT2D eigenvalue weighted by molar-refractivity contribution is 0.102. The fraction of sp³-hybridized carbons (Fsp3) is 0.385. The van der Waals surface area contributed by atoms with Gasteiger partial charge in [-0.3, -0.25) is 15.1 Å². The van der Waals surface area contributed by atoms with Gasteiger partial charge in [0.1, 0.15) is 5.01 Å². The van der Waals surface area contributed by atoms with Crippen LogP contribution in [0.1, 0.15) is 41.6 Å². The monoisotopic (exact) mass is 310 g/mol. The molecule has 7 heteroatoms. The molecule has 0 fully saturated rings. The molecule has 1 amide bonds. The third-order valence-corrected chi connectivity index (χ3v) is 3.75. The van der Waals surface area contributed by atoms with E-state index in [4.69, 9.17) is 11.6 Å². The maximum atomic E-state index is 12.0. The number of anilines is 1. The zero-order chi connectivity index (χ0) is 14.4. The van der Waals surface area contributed by atoms with Gasteiger partial charge in [-0.2, -0.15) is 0 Å². The predicted octanol–water partition coefficient (Wildman–Crippen LogP) is 3.57. The standard InChI is InChI=1S/C13H15ClN4OS/c1-2-3-4-5-11-17-18-13(20-11)16-12(19)9-6-10(14)8-15-7-9/h6-8H,2-5H2,1H3,(H,16,18,19). The van der Waals surface area contributed by atoms with E-state index >= 15 is 0 Å². The van der Waals surface area contributed by atoms with E-state index in [-0.39, 0.29) is 5.91 Å². The molecule has 0 radical (unpaired) electrons. The molecule has 0 aliphatic heterocycles. The molecule has 0 bridgehead atoms. The topological polar surface area (TPSA) is 67.8 Å².